The Morgan fingerprint density at radius 3 is 3.14 bits per heavy atom. The van der Waals surface area contributed by atoms with Crippen LogP contribution in [0.2, 0.25) is 0 Å². The first-order valence-electron chi connectivity index (χ1n) is 1.74. The minimum atomic E-state index is 0. The van der Waals surface area contributed by atoms with Crippen molar-refractivity contribution in [1.29, 1.82) is 0 Å². The molecule has 0 unspecified atom stereocenters. The van der Waals surface area contributed by atoms with E-state index in [9.17, 15) is 4.79 Å². The lowest BCUT2D eigenvalue weighted by molar-refractivity contribution is 0.111. The van der Waals surface area contributed by atoms with Crippen LogP contribution in [0.4, 0.5) is 0 Å². The van der Waals surface area contributed by atoms with Gasteiger partial charge in [0.25, 0.3) is 0 Å². The predicted octanol–water partition coefficient (Wildman–Crippen LogP) is -0.270. The zero-order valence-corrected chi connectivity index (χ0v) is 3.46. The fourth-order valence-corrected chi connectivity index (χ4v) is 0.272. The van der Waals surface area contributed by atoms with Crippen molar-refractivity contribution in [1.82, 2.24) is 15.2 Å². The summed E-state index contributed by atoms with van der Waals surface area (Å²) in [6.45, 7) is 0. The summed E-state index contributed by atoms with van der Waals surface area (Å²) >= 11 is 0. The van der Waals surface area contributed by atoms with Crippen LogP contribution < -0.4 is 0 Å². The van der Waals surface area contributed by atoms with Crippen molar-refractivity contribution in [2.45, 2.75) is 0 Å². The monoisotopic (exact) mass is 98.0 g/mol. The standard InChI is InChI=1S/C3H3N3O/c7-1-3-4-2-5-6-3/h1-2H,(H,4,5,6)/p+1. The Kier molecular flexibility index (Phi) is 0.856. The zero-order chi connectivity index (χ0) is 5.11. The summed E-state index contributed by atoms with van der Waals surface area (Å²) in [5.41, 5.74) is 0. The Labute approximate surface area is 41.1 Å². The number of aromatic nitrogens is 3. The first-order chi connectivity index (χ1) is 3.43. The highest BCUT2D eigenvalue weighted by atomic mass is 16.1. The molecule has 0 aliphatic heterocycles. The van der Waals surface area contributed by atoms with Crippen LogP contribution in [0.1, 0.15) is 12.0 Å². The molecule has 7 heavy (non-hydrogen) atoms. The quantitative estimate of drug-likeness (QED) is 0.492. The number of nitrogens with zero attached hydrogens (tertiary/aromatic N) is 2. The Hall–Kier alpha value is -1.19. The number of nitrogens with one attached hydrogen (secondary N) is 1. The van der Waals surface area contributed by atoms with Gasteiger partial charge in [-0.1, -0.05) is 0 Å². The summed E-state index contributed by atoms with van der Waals surface area (Å²) in [7, 11) is 0. The number of H-pyrrole nitrogens is 1. The number of carbonyl (C=O) groups excluding carboxylic acids is 1. The minimum absolute atomic E-state index is 0. The lowest BCUT2D eigenvalue weighted by Crippen LogP contribution is -1.79. The van der Waals surface area contributed by atoms with Crippen molar-refractivity contribution in [2.24, 2.45) is 0 Å². The molecule has 0 bridgehead atoms. The third-order valence-corrected chi connectivity index (χ3v) is 0.545. The summed E-state index contributed by atoms with van der Waals surface area (Å²) in [6, 6.07) is 0. The summed E-state index contributed by atoms with van der Waals surface area (Å²) in [6.07, 6.45) is 1.89. The van der Waals surface area contributed by atoms with Crippen LogP contribution in [-0.4, -0.2) is 21.5 Å². The fourth-order valence-electron chi connectivity index (χ4n) is 0.272. The molecule has 0 amide bonds. The highest BCUT2D eigenvalue weighted by Gasteiger charge is 1.84. The molecule has 0 saturated heterocycles. The molecule has 0 aliphatic rings. The summed E-state index contributed by atoms with van der Waals surface area (Å²) < 4.78 is 0. The Morgan fingerprint density at radius 2 is 2.86 bits per heavy atom. The van der Waals surface area contributed by atoms with Gasteiger partial charge in [-0.3, -0.25) is 9.89 Å². The van der Waals surface area contributed by atoms with Crippen molar-refractivity contribution in [3.63, 3.8) is 0 Å². The normalized spacial score (nSPS) is 8.57. The maximum absolute atomic E-state index is 9.73. The molecular weight excluding hydrogens is 94.1 g/mol. The largest absolute Gasteiger partial charge is 1.00 e. The molecule has 4 heteroatoms. The maximum Gasteiger partial charge on any atom is 1.00 e. The lowest BCUT2D eigenvalue weighted by Gasteiger charge is -1.66. The van der Waals surface area contributed by atoms with Gasteiger partial charge in [-0.05, 0) is 0 Å². The predicted molar refractivity (Wildman–Crippen MR) is 22.9 cm³/mol. The molecule has 1 aromatic rings. The van der Waals surface area contributed by atoms with Gasteiger partial charge >= 0.3 is 1.43 Å². The average Bonchev–Trinajstić information content (AvgIpc) is 2.14. The minimum Gasteiger partial charge on any atom is -0.294 e. The molecule has 0 atom stereocenters. The van der Waals surface area contributed by atoms with Crippen LogP contribution in [0.25, 0.3) is 0 Å². The molecule has 0 saturated carbocycles. The van der Waals surface area contributed by atoms with E-state index in [-0.39, 0.29) is 7.25 Å². The second-order valence-corrected chi connectivity index (χ2v) is 0.989. The Bertz CT molecular complexity index is 150. The van der Waals surface area contributed by atoms with Crippen molar-refractivity contribution < 1.29 is 6.22 Å². The van der Waals surface area contributed by atoms with Crippen LogP contribution >= 0.6 is 0 Å². The van der Waals surface area contributed by atoms with E-state index in [2.05, 4.69) is 15.2 Å². The number of rotatable bonds is 1. The summed E-state index contributed by atoms with van der Waals surface area (Å²) in [4.78, 5) is 13.2. The van der Waals surface area contributed by atoms with E-state index in [4.69, 9.17) is 0 Å². The van der Waals surface area contributed by atoms with Crippen molar-refractivity contribution >= 4 is 6.29 Å². The van der Waals surface area contributed by atoms with Gasteiger partial charge in [0.05, 0.1) is 0 Å². The smallest absolute Gasteiger partial charge is 0.294 e. The van der Waals surface area contributed by atoms with Crippen LogP contribution in [0.15, 0.2) is 6.33 Å². The average molecular weight is 98.1 g/mol. The van der Waals surface area contributed by atoms with Gasteiger partial charge in [0.15, 0.2) is 12.1 Å². The van der Waals surface area contributed by atoms with E-state index < -0.39 is 0 Å². The molecule has 0 fully saturated rings. The molecule has 36 valence electrons. The van der Waals surface area contributed by atoms with Gasteiger partial charge in [0, 0.05) is 0 Å². The van der Waals surface area contributed by atoms with Crippen LogP contribution in [-0.2, 0) is 0 Å². The number of carbonyl (C=O) groups is 1. The second-order valence-electron chi connectivity index (χ2n) is 0.989. The number of aldehydes is 1. The molecular formula is C3H4N3O+. The van der Waals surface area contributed by atoms with Crippen LogP contribution in [0.3, 0.4) is 0 Å². The first kappa shape index (κ1) is 3.98. The molecule has 0 radical (unpaired) electrons. The SMILES string of the molecule is O=Cc1ncn[nH]1.[H+]. The van der Waals surface area contributed by atoms with Crippen LogP contribution in [0, 0.1) is 0 Å². The van der Waals surface area contributed by atoms with Gasteiger partial charge in [0.2, 0.25) is 0 Å². The van der Waals surface area contributed by atoms with E-state index in [1.807, 2.05) is 0 Å². The number of aromatic amines is 1. The molecule has 0 aliphatic carbocycles. The van der Waals surface area contributed by atoms with E-state index >= 15 is 0 Å². The molecule has 0 aromatic carbocycles. The van der Waals surface area contributed by atoms with Gasteiger partial charge in [-0.15, -0.1) is 0 Å². The molecule has 1 heterocycles. The van der Waals surface area contributed by atoms with E-state index in [0.29, 0.717) is 6.29 Å². The summed E-state index contributed by atoms with van der Waals surface area (Å²) in [5, 5.41) is 5.78. The van der Waals surface area contributed by atoms with E-state index in [1.165, 1.54) is 6.33 Å². The Morgan fingerprint density at radius 1 is 2.00 bits per heavy atom. The molecule has 1 rings (SSSR count). The van der Waals surface area contributed by atoms with Gasteiger partial charge in [0.1, 0.15) is 6.33 Å². The van der Waals surface area contributed by atoms with Gasteiger partial charge in [-0.2, -0.15) is 5.10 Å². The second kappa shape index (κ2) is 1.51. The van der Waals surface area contributed by atoms with Crippen molar-refractivity contribution in [3.05, 3.63) is 12.2 Å². The molecule has 1 N–H and O–H groups in total. The van der Waals surface area contributed by atoms with Crippen molar-refractivity contribution in [3.8, 4) is 0 Å². The lowest BCUT2D eigenvalue weighted by atomic mass is 10.7. The highest BCUT2D eigenvalue weighted by Crippen LogP contribution is 1.72. The summed E-state index contributed by atoms with van der Waals surface area (Å²) in [5.74, 6) is 0.264. The third-order valence-electron chi connectivity index (χ3n) is 0.545. The van der Waals surface area contributed by atoms with E-state index in [0.717, 1.165) is 0 Å². The topological polar surface area (TPSA) is 58.6 Å². The van der Waals surface area contributed by atoms with Gasteiger partial charge < -0.3 is 0 Å². The maximum atomic E-state index is 9.73. The fraction of sp³-hybridized carbons (Fsp3) is 0. The van der Waals surface area contributed by atoms with Crippen LogP contribution in [0.5, 0.6) is 0 Å². The number of hydrogen-bond donors (Lipinski definition) is 1. The first-order valence-corrected chi connectivity index (χ1v) is 1.74. The van der Waals surface area contributed by atoms with Crippen molar-refractivity contribution in [2.75, 3.05) is 0 Å². The molecule has 4 nitrogen and oxygen atoms in total. The third kappa shape index (κ3) is 0.623. The Balaban J connectivity index is 0.000000490. The highest BCUT2D eigenvalue weighted by molar-refractivity contribution is 5.67. The molecule has 1 aromatic heterocycles. The number of hydrogen-bond acceptors (Lipinski definition) is 3. The van der Waals surface area contributed by atoms with Gasteiger partial charge in [-0.25, -0.2) is 4.98 Å². The molecule has 0 spiro atoms. The zero-order valence-electron chi connectivity index (χ0n) is 4.46. The van der Waals surface area contributed by atoms with E-state index in [1.54, 1.807) is 0 Å².